The maximum Gasteiger partial charge on any atom is 0.185 e. The number of nitrogens with zero attached hydrogens (tertiary/aromatic N) is 1. The molecule has 1 heterocycles. The smallest absolute Gasteiger partial charge is 0.185 e. The summed E-state index contributed by atoms with van der Waals surface area (Å²) in [7, 11) is 0. The first-order valence-corrected chi connectivity index (χ1v) is 13.7. The zero-order chi connectivity index (χ0) is 26.2. The average Bonchev–Trinajstić information content (AvgIpc) is 2.97. The van der Waals surface area contributed by atoms with Gasteiger partial charge in [0.25, 0.3) is 0 Å². The molecule has 1 saturated carbocycles. The number of hydrogen-bond donors (Lipinski definition) is 0. The lowest BCUT2D eigenvalue weighted by molar-refractivity contribution is -0.113. The molecule has 38 heavy (non-hydrogen) atoms. The van der Waals surface area contributed by atoms with Crippen LogP contribution in [0, 0.1) is 5.92 Å². The molecule has 1 aliphatic carbocycles. The highest BCUT2D eigenvalue weighted by Gasteiger charge is 2.32. The molecule has 1 saturated heterocycles. The van der Waals surface area contributed by atoms with Crippen LogP contribution in [-0.2, 0) is 4.79 Å². The van der Waals surface area contributed by atoms with Gasteiger partial charge in [-0.15, -0.1) is 0 Å². The van der Waals surface area contributed by atoms with Crippen LogP contribution in [0.15, 0.2) is 96.1 Å². The van der Waals surface area contributed by atoms with Crippen molar-refractivity contribution in [3.05, 3.63) is 113 Å². The molecule has 3 aromatic carbocycles. The first-order valence-electron chi connectivity index (χ1n) is 13.7. The quantitative estimate of drug-likeness (QED) is 0.247. The van der Waals surface area contributed by atoms with E-state index in [-0.39, 0.29) is 17.5 Å². The number of allylic oxidation sites excluding steroid dienone is 2. The molecule has 0 N–H and O–H groups in total. The van der Waals surface area contributed by atoms with E-state index >= 15 is 0 Å². The van der Waals surface area contributed by atoms with E-state index in [1.165, 1.54) is 19.3 Å². The van der Waals surface area contributed by atoms with Crippen molar-refractivity contribution in [1.29, 1.82) is 0 Å². The molecule has 4 heteroatoms. The SMILES string of the molecule is O=C1/C(=C/c2ccccc2)CC(C(=O)c2ccc(OCCN3CCCCC3)cc2)C/C1=C\c1ccccc1. The van der Waals surface area contributed by atoms with Crippen LogP contribution < -0.4 is 4.74 Å². The minimum absolute atomic E-state index is 0.0270. The van der Waals surface area contributed by atoms with Gasteiger partial charge in [0.2, 0.25) is 0 Å². The van der Waals surface area contributed by atoms with Crippen molar-refractivity contribution in [1.82, 2.24) is 4.90 Å². The summed E-state index contributed by atoms with van der Waals surface area (Å²) in [5.74, 6) is 0.588. The molecule has 194 valence electrons. The Morgan fingerprint density at radius 1 is 0.763 bits per heavy atom. The van der Waals surface area contributed by atoms with E-state index < -0.39 is 0 Å². The van der Waals surface area contributed by atoms with Crippen LogP contribution in [0.3, 0.4) is 0 Å². The topological polar surface area (TPSA) is 46.6 Å². The van der Waals surface area contributed by atoms with Crippen LogP contribution in [-0.4, -0.2) is 42.7 Å². The van der Waals surface area contributed by atoms with Gasteiger partial charge < -0.3 is 4.74 Å². The highest BCUT2D eigenvalue weighted by Crippen LogP contribution is 2.34. The maximum absolute atomic E-state index is 13.6. The fraction of sp³-hybridized carbons (Fsp3) is 0.294. The van der Waals surface area contributed by atoms with Gasteiger partial charge in [-0.1, -0.05) is 67.1 Å². The zero-order valence-corrected chi connectivity index (χ0v) is 21.9. The molecule has 5 rings (SSSR count). The van der Waals surface area contributed by atoms with Gasteiger partial charge in [0.15, 0.2) is 11.6 Å². The molecule has 3 aromatic rings. The Bertz CT molecular complexity index is 1230. The number of carbonyl (C=O) groups excluding carboxylic acids is 2. The van der Waals surface area contributed by atoms with E-state index in [0.717, 1.165) is 36.5 Å². The average molecular weight is 506 g/mol. The molecule has 0 amide bonds. The lowest BCUT2D eigenvalue weighted by atomic mass is 9.76. The molecule has 0 radical (unpaired) electrons. The summed E-state index contributed by atoms with van der Waals surface area (Å²) in [5.41, 5.74) is 3.95. The van der Waals surface area contributed by atoms with Gasteiger partial charge in [-0.05, 0) is 86.3 Å². The Kier molecular flexibility index (Phi) is 8.62. The zero-order valence-electron chi connectivity index (χ0n) is 21.9. The number of ether oxygens (including phenoxy) is 1. The van der Waals surface area contributed by atoms with Gasteiger partial charge in [-0.25, -0.2) is 0 Å². The Hall–Kier alpha value is -3.76. The predicted molar refractivity (Wildman–Crippen MR) is 153 cm³/mol. The fourth-order valence-corrected chi connectivity index (χ4v) is 5.36. The van der Waals surface area contributed by atoms with Crippen LogP contribution in [0.1, 0.15) is 53.6 Å². The van der Waals surface area contributed by atoms with Crippen LogP contribution in [0.25, 0.3) is 12.2 Å². The Morgan fingerprint density at radius 3 is 1.87 bits per heavy atom. The van der Waals surface area contributed by atoms with Crippen molar-refractivity contribution in [2.75, 3.05) is 26.2 Å². The highest BCUT2D eigenvalue weighted by molar-refractivity contribution is 6.15. The first kappa shape index (κ1) is 25.9. The summed E-state index contributed by atoms with van der Waals surface area (Å²) in [6.07, 6.45) is 8.61. The largest absolute Gasteiger partial charge is 0.492 e. The molecule has 0 aromatic heterocycles. The van der Waals surface area contributed by atoms with Crippen LogP contribution >= 0.6 is 0 Å². The molecule has 2 fully saturated rings. The van der Waals surface area contributed by atoms with Crippen molar-refractivity contribution in [3.63, 3.8) is 0 Å². The molecule has 2 aliphatic rings. The van der Waals surface area contributed by atoms with Crippen LogP contribution in [0.5, 0.6) is 5.75 Å². The number of hydrogen-bond acceptors (Lipinski definition) is 4. The first-order chi connectivity index (χ1) is 18.7. The van der Waals surface area contributed by atoms with Gasteiger partial charge >= 0.3 is 0 Å². The predicted octanol–water partition coefficient (Wildman–Crippen LogP) is 6.88. The number of ketones is 2. The summed E-state index contributed by atoms with van der Waals surface area (Å²) < 4.78 is 5.95. The van der Waals surface area contributed by atoms with E-state index in [1.54, 1.807) is 0 Å². The van der Waals surface area contributed by atoms with Gasteiger partial charge in [-0.3, -0.25) is 14.5 Å². The molecule has 1 aliphatic heterocycles. The van der Waals surface area contributed by atoms with E-state index in [0.29, 0.717) is 36.2 Å². The van der Waals surface area contributed by atoms with Gasteiger partial charge in [-0.2, -0.15) is 0 Å². The second-order valence-electron chi connectivity index (χ2n) is 10.2. The number of likely N-dealkylation sites (tertiary alicyclic amines) is 1. The standard InChI is InChI=1S/C34H35NO3/c36-33(28-14-16-32(17-15-28)38-21-20-35-18-8-3-9-19-35)31-24-29(22-26-10-4-1-5-11-26)34(37)30(25-31)23-27-12-6-2-7-13-27/h1-2,4-7,10-17,22-23,31H,3,8-9,18-21,24-25H2/b29-22+,30-23+. The van der Waals surface area contributed by atoms with E-state index in [2.05, 4.69) is 4.90 Å². The van der Waals surface area contributed by atoms with Crippen molar-refractivity contribution in [3.8, 4) is 5.75 Å². The minimum atomic E-state index is -0.288. The number of Topliss-reactive ketones (excluding diaryl/α,β-unsaturated/α-hetero) is 2. The Morgan fingerprint density at radius 2 is 1.32 bits per heavy atom. The van der Waals surface area contributed by atoms with E-state index in [1.807, 2.05) is 97.1 Å². The Labute approximate surface area is 225 Å². The second kappa shape index (κ2) is 12.7. The number of carbonyl (C=O) groups is 2. The lowest BCUT2D eigenvalue weighted by Gasteiger charge is -2.26. The van der Waals surface area contributed by atoms with Gasteiger partial charge in [0, 0.05) is 29.2 Å². The van der Waals surface area contributed by atoms with Gasteiger partial charge in [0.05, 0.1) is 0 Å². The summed E-state index contributed by atoms with van der Waals surface area (Å²) in [4.78, 5) is 29.5. The van der Waals surface area contributed by atoms with Crippen molar-refractivity contribution >= 4 is 23.7 Å². The molecular weight excluding hydrogens is 470 g/mol. The second-order valence-corrected chi connectivity index (χ2v) is 10.2. The minimum Gasteiger partial charge on any atom is -0.492 e. The van der Waals surface area contributed by atoms with Crippen molar-refractivity contribution in [2.45, 2.75) is 32.1 Å². The van der Waals surface area contributed by atoms with E-state index in [9.17, 15) is 9.59 Å². The summed E-state index contributed by atoms with van der Waals surface area (Å²) in [6, 6.07) is 27.2. The summed E-state index contributed by atoms with van der Waals surface area (Å²) in [6.45, 7) is 3.90. The molecule has 0 spiro atoms. The fourth-order valence-electron chi connectivity index (χ4n) is 5.36. The number of benzene rings is 3. The third-order valence-corrected chi connectivity index (χ3v) is 7.43. The molecular formula is C34H35NO3. The third-order valence-electron chi connectivity index (χ3n) is 7.43. The lowest BCUT2D eigenvalue weighted by Crippen LogP contribution is -2.33. The summed E-state index contributed by atoms with van der Waals surface area (Å²) in [5, 5.41) is 0. The molecule has 0 unspecified atom stereocenters. The maximum atomic E-state index is 13.6. The van der Waals surface area contributed by atoms with E-state index in [4.69, 9.17) is 4.74 Å². The molecule has 0 atom stereocenters. The normalized spacial score (nSPS) is 20.5. The highest BCUT2D eigenvalue weighted by atomic mass is 16.5. The number of piperidine rings is 1. The molecule has 0 bridgehead atoms. The number of rotatable bonds is 8. The van der Waals surface area contributed by atoms with Crippen molar-refractivity contribution in [2.24, 2.45) is 5.92 Å². The summed E-state index contributed by atoms with van der Waals surface area (Å²) >= 11 is 0. The third kappa shape index (κ3) is 6.76. The monoisotopic (exact) mass is 505 g/mol. The molecule has 4 nitrogen and oxygen atoms in total. The van der Waals surface area contributed by atoms with Crippen LogP contribution in [0.2, 0.25) is 0 Å². The van der Waals surface area contributed by atoms with Crippen LogP contribution in [0.4, 0.5) is 0 Å². The van der Waals surface area contributed by atoms with Gasteiger partial charge in [0.1, 0.15) is 12.4 Å². The Balaban J connectivity index is 1.31. The van der Waals surface area contributed by atoms with Crippen molar-refractivity contribution < 1.29 is 14.3 Å².